The minimum absolute atomic E-state index is 0.0170. The molecule has 30 heavy (non-hydrogen) atoms. The van der Waals surface area contributed by atoms with Gasteiger partial charge in [-0.05, 0) is 36.8 Å². The number of pyridine rings is 1. The molecule has 0 saturated carbocycles. The van der Waals surface area contributed by atoms with E-state index in [2.05, 4.69) is 9.97 Å². The summed E-state index contributed by atoms with van der Waals surface area (Å²) in [6.07, 6.45) is 6.19. The molecule has 1 amide bonds. The standard InChI is InChI=1S/C24H18FN3O2/c1-14-2-4-15(5-3-14)23(30)19-8-6-16(11-21(19)25)18-10-20-17(7-9-22(26)29)12-27-24(20)28-13-18/h2-13H,1H3,(H2,26,29)(H,27,28)/b9-7+. The van der Waals surface area contributed by atoms with E-state index in [0.29, 0.717) is 22.3 Å². The van der Waals surface area contributed by atoms with Crippen molar-refractivity contribution in [1.82, 2.24) is 9.97 Å². The van der Waals surface area contributed by atoms with Crippen molar-refractivity contribution in [2.75, 3.05) is 0 Å². The van der Waals surface area contributed by atoms with Crippen LogP contribution in [0.2, 0.25) is 0 Å². The van der Waals surface area contributed by atoms with E-state index in [4.69, 9.17) is 5.73 Å². The molecule has 6 heteroatoms. The maximum Gasteiger partial charge on any atom is 0.241 e. The number of fused-ring (bicyclic) bond motifs is 1. The van der Waals surface area contributed by atoms with Crippen molar-refractivity contribution in [2.24, 2.45) is 5.73 Å². The number of amides is 1. The van der Waals surface area contributed by atoms with Gasteiger partial charge in [-0.2, -0.15) is 0 Å². The van der Waals surface area contributed by atoms with Crippen molar-refractivity contribution in [2.45, 2.75) is 6.92 Å². The summed E-state index contributed by atoms with van der Waals surface area (Å²) in [6.45, 7) is 1.92. The number of carbonyl (C=O) groups excluding carboxylic acids is 2. The molecule has 0 aliphatic carbocycles. The summed E-state index contributed by atoms with van der Waals surface area (Å²) in [5.41, 5.74) is 9.29. The molecule has 4 aromatic rings. The smallest absolute Gasteiger partial charge is 0.241 e. The number of primary amides is 1. The van der Waals surface area contributed by atoms with Crippen LogP contribution in [0.15, 0.2) is 67.0 Å². The molecular weight excluding hydrogens is 381 g/mol. The van der Waals surface area contributed by atoms with Gasteiger partial charge in [0.1, 0.15) is 11.5 Å². The van der Waals surface area contributed by atoms with Crippen LogP contribution in [-0.4, -0.2) is 21.7 Å². The lowest BCUT2D eigenvalue weighted by Crippen LogP contribution is -2.05. The predicted octanol–water partition coefficient (Wildman–Crippen LogP) is 4.41. The van der Waals surface area contributed by atoms with Crippen LogP contribution in [0.3, 0.4) is 0 Å². The number of carbonyl (C=O) groups is 2. The van der Waals surface area contributed by atoms with Crippen LogP contribution < -0.4 is 5.73 Å². The quantitative estimate of drug-likeness (QED) is 0.385. The number of halogens is 1. The third kappa shape index (κ3) is 3.75. The van der Waals surface area contributed by atoms with Gasteiger partial charge in [-0.15, -0.1) is 0 Å². The maximum absolute atomic E-state index is 14.8. The van der Waals surface area contributed by atoms with Gasteiger partial charge in [0.2, 0.25) is 5.91 Å². The Morgan fingerprint density at radius 1 is 1.07 bits per heavy atom. The Balaban J connectivity index is 1.69. The van der Waals surface area contributed by atoms with E-state index in [-0.39, 0.29) is 11.3 Å². The Morgan fingerprint density at radius 2 is 1.83 bits per heavy atom. The van der Waals surface area contributed by atoms with Crippen molar-refractivity contribution in [3.8, 4) is 11.1 Å². The second kappa shape index (κ2) is 7.75. The van der Waals surface area contributed by atoms with Crippen molar-refractivity contribution in [3.63, 3.8) is 0 Å². The van der Waals surface area contributed by atoms with Gasteiger partial charge < -0.3 is 10.7 Å². The van der Waals surface area contributed by atoms with Crippen LogP contribution in [0.25, 0.3) is 28.2 Å². The number of H-pyrrole nitrogens is 1. The van der Waals surface area contributed by atoms with Crippen LogP contribution in [0.5, 0.6) is 0 Å². The summed E-state index contributed by atoms with van der Waals surface area (Å²) in [5, 5.41) is 0.769. The van der Waals surface area contributed by atoms with Crippen LogP contribution in [0.4, 0.5) is 4.39 Å². The molecule has 5 nitrogen and oxygen atoms in total. The van der Waals surface area contributed by atoms with Crippen molar-refractivity contribution in [1.29, 1.82) is 0 Å². The number of ketones is 1. The number of hydrogen-bond donors (Lipinski definition) is 2. The highest BCUT2D eigenvalue weighted by molar-refractivity contribution is 6.09. The monoisotopic (exact) mass is 399 g/mol. The molecule has 2 heterocycles. The molecule has 4 rings (SSSR count). The number of hydrogen-bond acceptors (Lipinski definition) is 3. The zero-order valence-electron chi connectivity index (χ0n) is 16.1. The van der Waals surface area contributed by atoms with E-state index in [0.717, 1.165) is 16.5 Å². The molecule has 0 atom stereocenters. The number of benzene rings is 2. The summed E-state index contributed by atoms with van der Waals surface area (Å²) >= 11 is 0. The van der Waals surface area contributed by atoms with Gasteiger partial charge in [0, 0.05) is 40.5 Å². The fraction of sp³-hybridized carbons (Fsp3) is 0.0417. The topological polar surface area (TPSA) is 88.8 Å². The molecule has 0 saturated heterocycles. The Bertz CT molecular complexity index is 1300. The SMILES string of the molecule is Cc1ccc(C(=O)c2ccc(-c3cnc4[nH]cc(/C=C/C(N)=O)c4c3)cc2F)cc1. The van der Waals surface area contributed by atoms with Gasteiger partial charge in [0.05, 0.1) is 5.56 Å². The van der Waals surface area contributed by atoms with Gasteiger partial charge in [-0.25, -0.2) is 9.37 Å². The zero-order valence-corrected chi connectivity index (χ0v) is 16.1. The second-order valence-electron chi connectivity index (χ2n) is 6.99. The van der Waals surface area contributed by atoms with Gasteiger partial charge in [-0.1, -0.05) is 35.9 Å². The molecule has 0 radical (unpaired) electrons. The summed E-state index contributed by atoms with van der Waals surface area (Å²) < 4.78 is 14.8. The molecule has 0 fully saturated rings. The number of rotatable bonds is 5. The Labute approximate surface area is 172 Å². The third-order valence-corrected chi connectivity index (χ3v) is 4.85. The van der Waals surface area contributed by atoms with Crippen LogP contribution in [0.1, 0.15) is 27.0 Å². The van der Waals surface area contributed by atoms with E-state index in [1.165, 1.54) is 18.2 Å². The highest BCUT2D eigenvalue weighted by atomic mass is 19.1. The van der Waals surface area contributed by atoms with Crippen molar-refractivity contribution in [3.05, 3.63) is 95.1 Å². The average molecular weight is 399 g/mol. The third-order valence-electron chi connectivity index (χ3n) is 4.85. The highest BCUT2D eigenvalue weighted by Crippen LogP contribution is 2.27. The molecule has 3 N–H and O–H groups in total. The number of aryl methyl sites for hydroxylation is 1. The summed E-state index contributed by atoms with van der Waals surface area (Å²) in [4.78, 5) is 31.0. The van der Waals surface area contributed by atoms with Gasteiger partial charge in [0.15, 0.2) is 5.78 Å². The second-order valence-corrected chi connectivity index (χ2v) is 6.99. The summed E-state index contributed by atoms with van der Waals surface area (Å²) in [5.74, 6) is -1.51. The lowest BCUT2D eigenvalue weighted by Gasteiger charge is -2.07. The van der Waals surface area contributed by atoms with Gasteiger partial charge in [-0.3, -0.25) is 9.59 Å². The number of nitrogens with one attached hydrogen (secondary N) is 1. The fourth-order valence-corrected chi connectivity index (χ4v) is 3.23. The summed E-state index contributed by atoms with van der Waals surface area (Å²) in [7, 11) is 0. The van der Waals surface area contributed by atoms with E-state index in [1.54, 1.807) is 36.7 Å². The van der Waals surface area contributed by atoms with Gasteiger partial charge >= 0.3 is 0 Å². The average Bonchev–Trinajstić information content (AvgIpc) is 3.14. The number of aromatic nitrogens is 2. The van der Waals surface area contributed by atoms with Crippen molar-refractivity contribution < 1.29 is 14.0 Å². The lowest BCUT2D eigenvalue weighted by atomic mass is 9.98. The first-order valence-electron chi connectivity index (χ1n) is 9.28. The number of nitrogens with two attached hydrogens (primary N) is 1. The van der Waals surface area contributed by atoms with E-state index in [9.17, 15) is 14.0 Å². The first kappa shape index (κ1) is 19.3. The Morgan fingerprint density at radius 3 is 2.53 bits per heavy atom. The first-order chi connectivity index (χ1) is 14.4. The maximum atomic E-state index is 14.8. The van der Waals surface area contributed by atoms with E-state index >= 15 is 0 Å². The predicted molar refractivity (Wildman–Crippen MR) is 114 cm³/mol. The molecule has 0 aliphatic heterocycles. The normalized spacial score (nSPS) is 11.3. The number of aromatic amines is 1. The molecule has 148 valence electrons. The molecule has 0 aliphatic rings. The molecule has 2 aromatic heterocycles. The Kier molecular flexibility index (Phi) is 4.98. The van der Waals surface area contributed by atoms with Crippen LogP contribution in [-0.2, 0) is 4.79 Å². The minimum Gasteiger partial charge on any atom is -0.366 e. The molecule has 0 spiro atoms. The molecule has 0 unspecified atom stereocenters. The van der Waals surface area contributed by atoms with Crippen LogP contribution in [0, 0.1) is 12.7 Å². The highest BCUT2D eigenvalue weighted by Gasteiger charge is 2.15. The van der Waals surface area contributed by atoms with E-state index < -0.39 is 11.7 Å². The fourth-order valence-electron chi connectivity index (χ4n) is 3.23. The van der Waals surface area contributed by atoms with E-state index in [1.807, 2.05) is 25.1 Å². The molecular formula is C24H18FN3O2. The summed E-state index contributed by atoms with van der Waals surface area (Å²) in [6, 6.07) is 13.4. The first-order valence-corrected chi connectivity index (χ1v) is 9.28. The minimum atomic E-state index is -0.596. The van der Waals surface area contributed by atoms with Crippen molar-refractivity contribution >= 4 is 28.8 Å². The zero-order chi connectivity index (χ0) is 21.3. The van der Waals surface area contributed by atoms with Crippen LogP contribution >= 0.6 is 0 Å². The lowest BCUT2D eigenvalue weighted by molar-refractivity contribution is -0.113. The molecule has 0 bridgehead atoms. The molecule has 2 aromatic carbocycles. The Hall–Kier alpha value is -4.06. The number of nitrogens with zero attached hydrogens (tertiary/aromatic N) is 1. The van der Waals surface area contributed by atoms with Gasteiger partial charge in [0.25, 0.3) is 0 Å². The largest absolute Gasteiger partial charge is 0.366 e.